The first-order valence-corrected chi connectivity index (χ1v) is 17.8. The van der Waals surface area contributed by atoms with Crippen LogP contribution in [0.2, 0.25) is 0 Å². The summed E-state index contributed by atoms with van der Waals surface area (Å²) in [7, 11) is 0. The molecule has 7 rings (SSSR count). The third-order valence-electron chi connectivity index (χ3n) is 9.35. The number of carbonyl (C=O) groups excluding carboxylic acids is 2. The summed E-state index contributed by atoms with van der Waals surface area (Å²) in [6.45, 7) is 6.80. The molecule has 0 saturated carbocycles. The molecule has 0 saturated heterocycles. The van der Waals surface area contributed by atoms with Crippen LogP contribution in [0.25, 0.3) is 16.3 Å². The molecule has 1 atom stereocenters. The highest BCUT2D eigenvalue weighted by molar-refractivity contribution is 6.09. The van der Waals surface area contributed by atoms with E-state index in [4.69, 9.17) is 33.5 Å². The van der Waals surface area contributed by atoms with Gasteiger partial charge < -0.3 is 28.4 Å². The van der Waals surface area contributed by atoms with Crippen LogP contribution < -0.4 is 5.01 Å². The predicted molar refractivity (Wildman–Crippen MR) is 211 cm³/mol. The first kappa shape index (κ1) is 37.2. The van der Waals surface area contributed by atoms with E-state index in [2.05, 4.69) is 73.9 Å². The van der Waals surface area contributed by atoms with Gasteiger partial charge in [-0.3, -0.25) is 0 Å². The van der Waals surface area contributed by atoms with Crippen LogP contribution in [0.5, 0.6) is 0 Å². The van der Waals surface area contributed by atoms with Gasteiger partial charge in [0.1, 0.15) is 0 Å². The van der Waals surface area contributed by atoms with Gasteiger partial charge in [0, 0.05) is 23.6 Å². The van der Waals surface area contributed by atoms with E-state index in [0.29, 0.717) is 13.2 Å². The normalized spacial score (nSPS) is 15.1. The van der Waals surface area contributed by atoms with Gasteiger partial charge in [0.2, 0.25) is 0 Å². The number of hydrogen-bond donors (Lipinski definition) is 0. The number of benzene rings is 4. The molecule has 0 bridgehead atoms. The van der Waals surface area contributed by atoms with Crippen molar-refractivity contribution in [2.24, 2.45) is 5.10 Å². The Balaban J connectivity index is 1.11. The number of rotatable bonds is 18. The molecule has 0 heterocycles. The Morgan fingerprint density at radius 1 is 0.764 bits per heavy atom. The maximum atomic E-state index is 11.2. The highest BCUT2D eigenvalue weighted by Gasteiger charge is 2.31. The summed E-state index contributed by atoms with van der Waals surface area (Å²) in [6.07, 6.45) is 16.3. The summed E-state index contributed by atoms with van der Waals surface area (Å²) in [5.41, 5.74) is 11.2. The zero-order valence-corrected chi connectivity index (χ0v) is 30.2. The van der Waals surface area contributed by atoms with Crippen LogP contribution in [0.15, 0.2) is 151 Å². The summed E-state index contributed by atoms with van der Waals surface area (Å²) in [5.74, 6) is -0.889. The van der Waals surface area contributed by atoms with Crippen molar-refractivity contribution >= 4 is 45.9 Å². The second-order valence-electron chi connectivity index (χ2n) is 12.8. The molecule has 3 aliphatic carbocycles. The van der Waals surface area contributed by atoms with Crippen LogP contribution in [-0.4, -0.2) is 45.3 Å². The molecule has 10 heteroatoms. The largest absolute Gasteiger partial charge is 0.435 e. The van der Waals surface area contributed by atoms with Crippen molar-refractivity contribution in [1.82, 2.24) is 0 Å². The molecule has 0 spiro atoms. The fourth-order valence-corrected chi connectivity index (χ4v) is 6.82. The van der Waals surface area contributed by atoms with Crippen molar-refractivity contribution in [1.29, 1.82) is 0 Å². The lowest BCUT2D eigenvalue weighted by Gasteiger charge is -2.33. The molecule has 278 valence electrons. The summed E-state index contributed by atoms with van der Waals surface area (Å²) >= 11 is 0. The van der Waals surface area contributed by atoms with Gasteiger partial charge in [-0.15, -0.1) is 0 Å². The average molecular weight is 737 g/mol. The van der Waals surface area contributed by atoms with E-state index in [9.17, 15) is 9.59 Å². The quantitative estimate of drug-likeness (QED) is 0.0248. The number of carbonyl (C=O) groups is 2. The van der Waals surface area contributed by atoms with Crippen molar-refractivity contribution in [3.05, 3.63) is 174 Å². The monoisotopic (exact) mass is 736 g/mol. The van der Waals surface area contributed by atoms with E-state index in [-0.39, 0.29) is 33.1 Å². The van der Waals surface area contributed by atoms with Crippen LogP contribution >= 0.6 is 0 Å². The maximum absolute atomic E-state index is 11.2. The minimum atomic E-state index is -0.559. The molecule has 0 fully saturated rings. The zero-order valence-electron chi connectivity index (χ0n) is 30.2. The molecular weight excluding hydrogens is 697 g/mol. The number of ether oxygens (including phenoxy) is 6. The molecule has 4 aromatic carbocycles. The van der Waals surface area contributed by atoms with Crippen molar-refractivity contribution < 1.29 is 38.0 Å². The molecule has 0 aliphatic heterocycles. The van der Waals surface area contributed by atoms with Gasteiger partial charge in [-0.2, -0.15) is 5.10 Å². The Bertz CT molecular complexity index is 2160. The Labute approximate surface area is 319 Å². The molecule has 55 heavy (non-hydrogen) atoms. The van der Waals surface area contributed by atoms with Crippen molar-refractivity contribution in [3.63, 3.8) is 0 Å². The van der Waals surface area contributed by atoms with E-state index >= 15 is 0 Å². The van der Waals surface area contributed by atoms with Crippen LogP contribution in [0.3, 0.4) is 0 Å². The number of anilines is 2. The van der Waals surface area contributed by atoms with Crippen LogP contribution in [0.1, 0.15) is 40.2 Å². The maximum Gasteiger partial charge on any atom is 0.332 e. The smallest absolute Gasteiger partial charge is 0.332 e. The minimum absolute atomic E-state index is 0.0359. The first-order chi connectivity index (χ1) is 27.0. The third-order valence-corrected chi connectivity index (χ3v) is 9.35. The van der Waals surface area contributed by atoms with E-state index in [0.717, 1.165) is 52.0 Å². The fraction of sp³-hybridized carbons (Fsp3) is 0.178. The van der Waals surface area contributed by atoms with Crippen molar-refractivity contribution in [2.45, 2.75) is 25.6 Å². The van der Waals surface area contributed by atoms with Crippen LogP contribution in [0, 0.1) is 0 Å². The third kappa shape index (κ3) is 8.64. The second kappa shape index (κ2) is 17.8. The first-order valence-electron chi connectivity index (χ1n) is 17.8. The Hall–Kier alpha value is -6.17. The van der Waals surface area contributed by atoms with E-state index in [1.54, 1.807) is 0 Å². The highest BCUT2D eigenvalue weighted by atomic mass is 16.7. The fourth-order valence-electron chi connectivity index (χ4n) is 6.82. The predicted octanol–water partition coefficient (Wildman–Crippen LogP) is 8.67. The molecule has 0 radical (unpaired) electrons. The zero-order chi connectivity index (χ0) is 38.0. The number of hydrazone groups is 1. The lowest BCUT2D eigenvalue weighted by atomic mass is 9.70. The van der Waals surface area contributed by atoms with E-state index < -0.39 is 11.9 Å². The summed E-state index contributed by atoms with van der Waals surface area (Å²) in [5, 5.41) is 9.39. The minimum Gasteiger partial charge on any atom is -0.435 e. The van der Waals surface area contributed by atoms with E-state index in [1.807, 2.05) is 59.8 Å². The van der Waals surface area contributed by atoms with Crippen LogP contribution in [-0.2, 0) is 51.2 Å². The Morgan fingerprint density at radius 2 is 1.40 bits per heavy atom. The molecule has 4 aromatic rings. The van der Waals surface area contributed by atoms with Gasteiger partial charge in [0.25, 0.3) is 0 Å². The molecule has 0 amide bonds. The van der Waals surface area contributed by atoms with Gasteiger partial charge in [0.15, 0.2) is 27.2 Å². The lowest BCUT2D eigenvalue weighted by molar-refractivity contribution is -0.165. The number of hydrogen-bond acceptors (Lipinski definition) is 10. The molecule has 1 unspecified atom stereocenters. The summed E-state index contributed by atoms with van der Waals surface area (Å²) in [4.78, 5) is 22.3. The summed E-state index contributed by atoms with van der Waals surface area (Å²) in [6, 6.07) is 26.8. The van der Waals surface area contributed by atoms with Crippen LogP contribution in [0.4, 0.5) is 11.4 Å². The van der Waals surface area contributed by atoms with Gasteiger partial charge in [0.05, 0.1) is 30.8 Å². The molecular formula is C45H40N2O8. The summed E-state index contributed by atoms with van der Waals surface area (Å²) < 4.78 is 31.2. The molecule has 0 aromatic heterocycles. The van der Waals surface area contributed by atoms with Gasteiger partial charge in [-0.05, 0) is 80.4 Å². The SMILES string of the molecule is C=CC(=O)OCOCOCc1ccc(N(/N=C/c2ccc3c4c(cccc24)C2=C4C(=CC=CC43)CC=C2)c2ccc(COCOCOC(=O)C=C)cc2)cc1. The second-order valence-corrected chi connectivity index (χ2v) is 12.8. The van der Waals surface area contributed by atoms with Crippen molar-refractivity contribution in [3.8, 4) is 0 Å². The molecule has 3 aliphatic rings. The number of allylic oxidation sites excluding steroid dienone is 8. The number of esters is 2. The van der Waals surface area contributed by atoms with E-state index in [1.165, 1.54) is 33.2 Å². The number of nitrogens with zero attached hydrogens (tertiary/aromatic N) is 2. The van der Waals surface area contributed by atoms with Gasteiger partial charge in [-0.25, -0.2) is 14.6 Å². The van der Waals surface area contributed by atoms with Gasteiger partial charge in [-0.1, -0.05) is 98.1 Å². The van der Waals surface area contributed by atoms with Crippen molar-refractivity contribution in [2.75, 3.05) is 32.2 Å². The number of fused-ring (bicyclic) bond motifs is 2. The Morgan fingerprint density at radius 3 is 2.02 bits per heavy atom. The Kier molecular flexibility index (Phi) is 12.0. The molecule has 0 N–H and O–H groups in total. The molecule has 10 nitrogen and oxygen atoms in total. The lowest BCUT2D eigenvalue weighted by Crippen LogP contribution is -2.15. The topological polar surface area (TPSA) is 105 Å². The standard InChI is InChI=1S/C45H40N2O8/c1-3-42(48)54-29-52-27-50-25-31-14-19-35(20-15-31)47(36-21-16-32(17-22-36)26-51-28-53-30-55-43(49)4-2)46-24-34-18-23-41-39-12-6-9-33-8-5-11-38(44(33)39)40-13-7-10-37(34)45(40)41/h3-7,9-24,39H,1-2,8,25-30H2/b46-24+. The van der Waals surface area contributed by atoms with Gasteiger partial charge >= 0.3 is 11.9 Å². The average Bonchev–Trinajstić information content (AvgIpc) is 3.23. The highest BCUT2D eigenvalue weighted by Crippen LogP contribution is 2.50.